The van der Waals surface area contributed by atoms with Gasteiger partial charge in [0.25, 0.3) is 0 Å². The molecule has 0 aliphatic heterocycles. The smallest absolute Gasteiger partial charge is 0.163 e. The molecule has 0 radical (unpaired) electrons. The second-order valence-corrected chi connectivity index (χ2v) is 5.12. The Bertz CT molecular complexity index is 392. The Kier molecular flexibility index (Phi) is 3.82. The van der Waals surface area contributed by atoms with Crippen molar-refractivity contribution in [2.75, 3.05) is 0 Å². The highest BCUT2D eigenvalue weighted by atomic mass is 16.5. The fourth-order valence-electron chi connectivity index (χ4n) is 2.09. The molecule has 0 bridgehead atoms. The lowest BCUT2D eigenvalue weighted by molar-refractivity contribution is 0.0936. The van der Waals surface area contributed by atoms with E-state index >= 15 is 0 Å². The minimum Gasteiger partial charge on any atom is -0.491 e. The summed E-state index contributed by atoms with van der Waals surface area (Å²) < 4.78 is 5.60. The summed E-state index contributed by atoms with van der Waals surface area (Å²) in [6, 6.07) is 7.54. The molecule has 0 unspecified atom stereocenters. The number of ketones is 1. The Morgan fingerprint density at radius 2 is 2.18 bits per heavy atom. The number of carbonyl (C=O) groups is 1. The highest BCUT2D eigenvalue weighted by Crippen LogP contribution is 2.30. The molecule has 1 aliphatic rings. The molecule has 0 atom stereocenters. The monoisotopic (exact) mass is 232 g/mol. The Balaban J connectivity index is 2.01. The predicted molar refractivity (Wildman–Crippen MR) is 68.5 cm³/mol. The van der Waals surface area contributed by atoms with E-state index in [9.17, 15) is 4.79 Å². The van der Waals surface area contributed by atoms with E-state index in [4.69, 9.17) is 4.74 Å². The number of Topliss-reactive ketones (excluding diaryl/α,β-unsaturated/α-hetero) is 1. The summed E-state index contributed by atoms with van der Waals surface area (Å²) in [5.74, 6) is 1.67. The van der Waals surface area contributed by atoms with Crippen molar-refractivity contribution in [3.05, 3.63) is 29.8 Å². The zero-order chi connectivity index (χ0) is 12.3. The van der Waals surface area contributed by atoms with E-state index in [0.29, 0.717) is 12.3 Å². The van der Waals surface area contributed by atoms with Gasteiger partial charge in [-0.05, 0) is 31.9 Å². The molecule has 2 heteroatoms. The molecule has 2 nitrogen and oxygen atoms in total. The van der Waals surface area contributed by atoms with Gasteiger partial charge in [0.1, 0.15) is 5.75 Å². The first-order valence-electron chi connectivity index (χ1n) is 6.45. The summed E-state index contributed by atoms with van der Waals surface area (Å²) in [5.41, 5.74) is 0.787. The van der Waals surface area contributed by atoms with Gasteiger partial charge in [0.2, 0.25) is 0 Å². The number of ether oxygens (including phenoxy) is 1. The summed E-state index contributed by atoms with van der Waals surface area (Å²) in [6.07, 6.45) is 4.56. The van der Waals surface area contributed by atoms with Gasteiger partial charge in [-0.1, -0.05) is 31.4 Å². The Labute approximate surface area is 103 Å². The van der Waals surface area contributed by atoms with E-state index in [1.807, 2.05) is 38.1 Å². The van der Waals surface area contributed by atoms with Crippen LogP contribution in [0.4, 0.5) is 0 Å². The van der Waals surface area contributed by atoms with Crippen molar-refractivity contribution in [2.45, 2.75) is 45.6 Å². The molecule has 0 heterocycles. The SMILES string of the molecule is CC(C)Oc1cccc(C(=O)CC2CCC2)c1. The van der Waals surface area contributed by atoms with E-state index in [2.05, 4.69) is 0 Å². The van der Waals surface area contributed by atoms with Crippen LogP contribution in [0.3, 0.4) is 0 Å². The second kappa shape index (κ2) is 5.35. The van der Waals surface area contributed by atoms with E-state index in [1.165, 1.54) is 19.3 Å². The first kappa shape index (κ1) is 12.2. The van der Waals surface area contributed by atoms with Crippen molar-refractivity contribution in [2.24, 2.45) is 5.92 Å². The van der Waals surface area contributed by atoms with Gasteiger partial charge >= 0.3 is 0 Å². The molecule has 1 aromatic carbocycles. The minimum atomic E-state index is 0.145. The Morgan fingerprint density at radius 1 is 1.41 bits per heavy atom. The molecule has 1 aliphatic carbocycles. The molecular weight excluding hydrogens is 212 g/mol. The molecule has 0 aromatic heterocycles. The van der Waals surface area contributed by atoms with Crippen LogP contribution in [0.15, 0.2) is 24.3 Å². The third kappa shape index (κ3) is 3.32. The molecule has 92 valence electrons. The highest BCUT2D eigenvalue weighted by Gasteiger charge is 2.21. The largest absolute Gasteiger partial charge is 0.491 e. The molecule has 1 aromatic rings. The van der Waals surface area contributed by atoms with Crippen LogP contribution in [0.2, 0.25) is 0 Å². The van der Waals surface area contributed by atoms with Gasteiger partial charge in [0.15, 0.2) is 5.78 Å². The van der Waals surface area contributed by atoms with Crippen LogP contribution in [0.1, 0.15) is 49.9 Å². The minimum absolute atomic E-state index is 0.145. The van der Waals surface area contributed by atoms with Crippen LogP contribution >= 0.6 is 0 Å². The van der Waals surface area contributed by atoms with Crippen molar-refractivity contribution in [1.29, 1.82) is 0 Å². The molecule has 0 saturated heterocycles. The standard InChI is InChI=1S/C15H20O2/c1-11(2)17-14-8-4-7-13(10-14)15(16)9-12-5-3-6-12/h4,7-8,10-12H,3,5-6,9H2,1-2H3. The zero-order valence-electron chi connectivity index (χ0n) is 10.6. The maximum absolute atomic E-state index is 12.0. The molecule has 1 fully saturated rings. The average molecular weight is 232 g/mol. The third-order valence-corrected chi connectivity index (χ3v) is 3.23. The van der Waals surface area contributed by atoms with Crippen molar-refractivity contribution >= 4 is 5.78 Å². The third-order valence-electron chi connectivity index (χ3n) is 3.23. The lowest BCUT2D eigenvalue weighted by atomic mass is 9.81. The number of hydrogen-bond acceptors (Lipinski definition) is 2. The van der Waals surface area contributed by atoms with Crippen LogP contribution in [-0.2, 0) is 0 Å². The topological polar surface area (TPSA) is 26.3 Å². The van der Waals surface area contributed by atoms with E-state index in [0.717, 1.165) is 11.3 Å². The van der Waals surface area contributed by atoms with E-state index in [1.54, 1.807) is 0 Å². The van der Waals surface area contributed by atoms with Crippen molar-refractivity contribution < 1.29 is 9.53 Å². The average Bonchev–Trinajstić information content (AvgIpc) is 2.22. The van der Waals surface area contributed by atoms with Crippen molar-refractivity contribution in [3.8, 4) is 5.75 Å². The summed E-state index contributed by atoms with van der Waals surface area (Å²) >= 11 is 0. The highest BCUT2D eigenvalue weighted by molar-refractivity contribution is 5.96. The predicted octanol–water partition coefficient (Wildman–Crippen LogP) is 3.85. The number of carbonyl (C=O) groups excluding carboxylic acids is 1. The summed E-state index contributed by atoms with van der Waals surface area (Å²) in [7, 11) is 0. The van der Waals surface area contributed by atoms with Gasteiger partial charge in [-0.2, -0.15) is 0 Å². The Hall–Kier alpha value is -1.31. The van der Waals surface area contributed by atoms with Gasteiger partial charge in [0, 0.05) is 12.0 Å². The number of benzene rings is 1. The molecule has 0 N–H and O–H groups in total. The van der Waals surface area contributed by atoms with Gasteiger partial charge < -0.3 is 4.74 Å². The van der Waals surface area contributed by atoms with Crippen LogP contribution in [-0.4, -0.2) is 11.9 Å². The van der Waals surface area contributed by atoms with Crippen LogP contribution in [0, 0.1) is 5.92 Å². The molecule has 1 saturated carbocycles. The number of rotatable bonds is 5. The number of hydrogen-bond donors (Lipinski definition) is 0. The maximum atomic E-state index is 12.0. The zero-order valence-corrected chi connectivity index (χ0v) is 10.6. The fourth-order valence-corrected chi connectivity index (χ4v) is 2.09. The van der Waals surface area contributed by atoms with Gasteiger partial charge in [0.05, 0.1) is 6.10 Å². The van der Waals surface area contributed by atoms with E-state index < -0.39 is 0 Å². The molecule has 17 heavy (non-hydrogen) atoms. The molecule has 2 rings (SSSR count). The molecule has 0 amide bonds. The van der Waals surface area contributed by atoms with Crippen LogP contribution < -0.4 is 4.74 Å². The first-order valence-corrected chi connectivity index (χ1v) is 6.45. The fraction of sp³-hybridized carbons (Fsp3) is 0.533. The lowest BCUT2D eigenvalue weighted by Gasteiger charge is -2.24. The Morgan fingerprint density at radius 3 is 2.76 bits per heavy atom. The normalized spacial score (nSPS) is 15.7. The quantitative estimate of drug-likeness (QED) is 0.721. The lowest BCUT2D eigenvalue weighted by Crippen LogP contribution is -2.16. The molecular formula is C15H20O2. The van der Waals surface area contributed by atoms with Gasteiger partial charge in [-0.3, -0.25) is 4.79 Å². The summed E-state index contributed by atoms with van der Waals surface area (Å²) in [4.78, 5) is 12.0. The van der Waals surface area contributed by atoms with E-state index in [-0.39, 0.29) is 11.9 Å². The second-order valence-electron chi connectivity index (χ2n) is 5.12. The van der Waals surface area contributed by atoms with Crippen molar-refractivity contribution in [3.63, 3.8) is 0 Å². The van der Waals surface area contributed by atoms with Crippen LogP contribution in [0.25, 0.3) is 0 Å². The van der Waals surface area contributed by atoms with Crippen LogP contribution in [0.5, 0.6) is 5.75 Å². The summed E-state index contributed by atoms with van der Waals surface area (Å²) in [6.45, 7) is 3.98. The summed E-state index contributed by atoms with van der Waals surface area (Å²) in [5, 5.41) is 0. The maximum Gasteiger partial charge on any atom is 0.163 e. The molecule has 0 spiro atoms. The van der Waals surface area contributed by atoms with Crippen molar-refractivity contribution in [1.82, 2.24) is 0 Å². The van der Waals surface area contributed by atoms with Gasteiger partial charge in [-0.25, -0.2) is 0 Å². The van der Waals surface area contributed by atoms with Gasteiger partial charge in [-0.15, -0.1) is 0 Å². The first-order chi connectivity index (χ1) is 8.15.